The summed E-state index contributed by atoms with van der Waals surface area (Å²) in [5.41, 5.74) is 8.05. The predicted octanol–water partition coefficient (Wildman–Crippen LogP) is 3.34. The lowest BCUT2D eigenvalue weighted by Gasteiger charge is -2.22. The minimum Gasteiger partial charge on any atom is -0.375 e. The van der Waals surface area contributed by atoms with Crippen molar-refractivity contribution in [1.82, 2.24) is 9.55 Å². The third kappa shape index (κ3) is 3.16. The van der Waals surface area contributed by atoms with Gasteiger partial charge in [-0.3, -0.25) is 0 Å². The molecule has 4 nitrogen and oxygen atoms in total. The van der Waals surface area contributed by atoms with Gasteiger partial charge in [0.1, 0.15) is 0 Å². The number of hydrogen-bond donors (Lipinski definition) is 2. The molecule has 0 aliphatic carbocycles. The Morgan fingerprint density at radius 3 is 2.74 bits per heavy atom. The van der Waals surface area contributed by atoms with Crippen LogP contribution in [-0.4, -0.2) is 16.1 Å². The molecule has 1 atom stereocenters. The van der Waals surface area contributed by atoms with E-state index < -0.39 is 0 Å². The molecule has 2 aromatic rings. The largest absolute Gasteiger partial charge is 0.375 e. The number of anilines is 1. The van der Waals surface area contributed by atoms with Gasteiger partial charge in [0.15, 0.2) is 0 Å². The summed E-state index contributed by atoms with van der Waals surface area (Å²) in [6, 6.07) is 8.44. The van der Waals surface area contributed by atoms with Gasteiger partial charge in [-0.05, 0) is 41.9 Å². The van der Waals surface area contributed by atoms with Gasteiger partial charge < -0.3 is 15.6 Å². The Bertz CT molecular complexity index is 536. The molecule has 1 aromatic heterocycles. The highest BCUT2D eigenvalue weighted by molar-refractivity contribution is 9.10. The first-order valence-corrected chi connectivity index (χ1v) is 7.15. The van der Waals surface area contributed by atoms with E-state index >= 15 is 0 Å². The molecule has 102 valence electrons. The first-order valence-electron chi connectivity index (χ1n) is 6.36. The number of para-hydroxylation sites is 1. The average Bonchev–Trinajstić information content (AvgIpc) is 2.87. The second-order valence-corrected chi connectivity index (χ2v) is 5.59. The van der Waals surface area contributed by atoms with E-state index in [-0.39, 0.29) is 6.04 Å². The topological polar surface area (TPSA) is 55.9 Å². The number of benzene rings is 1. The van der Waals surface area contributed by atoms with Crippen LogP contribution in [0.4, 0.5) is 5.69 Å². The molecular weight excluding hydrogens is 304 g/mol. The smallest absolute Gasteiger partial charge is 0.0951 e. The second kappa shape index (κ2) is 6.21. The van der Waals surface area contributed by atoms with Crippen LogP contribution < -0.4 is 11.1 Å². The monoisotopic (exact) mass is 322 g/mol. The number of imidazole rings is 1. The molecule has 0 spiro atoms. The first-order chi connectivity index (χ1) is 9.13. The van der Waals surface area contributed by atoms with Crippen molar-refractivity contribution in [2.45, 2.75) is 25.9 Å². The minimum atomic E-state index is 0.0450. The van der Waals surface area contributed by atoms with Crippen molar-refractivity contribution in [2.75, 3.05) is 11.9 Å². The van der Waals surface area contributed by atoms with E-state index in [1.165, 1.54) is 0 Å². The number of nitrogens with zero attached hydrogens (tertiary/aromatic N) is 2. The van der Waals surface area contributed by atoms with Gasteiger partial charge in [-0.1, -0.05) is 12.1 Å². The zero-order valence-electron chi connectivity index (χ0n) is 11.2. The standard InChI is InChI=1S/C14H19BrN4/c1-10(2)19-9-17-8-14(19)13(7-16)18-12-6-4-3-5-11(12)15/h3-6,8-10,13,18H,7,16H2,1-2H3. The van der Waals surface area contributed by atoms with Crippen molar-refractivity contribution in [3.8, 4) is 0 Å². The highest BCUT2D eigenvalue weighted by atomic mass is 79.9. The molecule has 3 N–H and O–H groups in total. The van der Waals surface area contributed by atoms with Gasteiger partial charge in [-0.15, -0.1) is 0 Å². The van der Waals surface area contributed by atoms with Crippen LogP contribution in [0.2, 0.25) is 0 Å². The Morgan fingerprint density at radius 2 is 2.11 bits per heavy atom. The molecule has 0 bridgehead atoms. The molecule has 19 heavy (non-hydrogen) atoms. The van der Waals surface area contributed by atoms with Crippen molar-refractivity contribution in [3.63, 3.8) is 0 Å². The number of nitrogens with two attached hydrogens (primary N) is 1. The third-order valence-corrected chi connectivity index (χ3v) is 3.74. The van der Waals surface area contributed by atoms with Crippen molar-refractivity contribution >= 4 is 21.6 Å². The Kier molecular flexibility index (Phi) is 4.61. The molecule has 2 rings (SSSR count). The fourth-order valence-corrected chi connectivity index (χ4v) is 2.44. The molecular formula is C14H19BrN4. The number of hydrogen-bond acceptors (Lipinski definition) is 3. The van der Waals surface area contributed by atoms with Crippen LogP contribution in [0.1, 0.15) is 31.6 Å². The summed E-state index contributed by atoms with van der Waals surface area (Å²) in [4.78, 5) is 4.23. The van der Waals surface area contributed by atoms with E-state index in [0.717, 1.165) is 15.9 Å². The molecule has 0 amide bonds. The molecule has 1 heterocycles. The van der Waals surface area contributed by atoms with Crippen LogP contribution in [0.25, 0.3) is 0 Å². The highest BCUT2D eigenvalue weighted by Crippen LogP contribution is 2.26. The maximum atomic E-state index is 5.91. The molecule has 0 aliphatic rings. The lowest BCUT2D eigenvalue weighted by Crippen LogP contribution is -2.24. The van der Waals surface area contributed by atoms with Gasteiger partial charge in [0.05, 0.1) is 24.3 Å². The summed E-state index contributed by atoms with van der Waals surface area (Å²) in [5, 5.41) is 3.46. The lowest BCUT2D eigenvalue weighted by atomic mass is 10.2. The summed E-state index contributed by atoms with van der Waals surface area (Å²) >= 11 is 3.54. The average molecular weight is 323 g/mol. The van der Waals surface area contributed by atoms with Crippen LogP contribution in [0.5, 0.6) is 0 Å². The first kappa shape index (κ1) is 14.1. The maximum absolute atomic E-state index is 5.91. The number of rotatable bonds is 5. The van der Waals surface area contributed by atoms with Crippen LogP contribution in [0, 0.1) is 0 Å². The zero-order chi connectivity index (χ0) is 13.8. The Morgan fingerprint density at radius 1 is 1.37 bits per heavy atom. The van der Waals surface area contributed by atoms with Crippen molar-refractivity contribution in [2.24, 2.45) is 5.73 Å². The molecule has 0 radical (unpaired) electrons. The van der Waals surface area contributed by atoms with Crippen LogP contribution >= 0.6 is 15.9 Å². The molecule has 0 saturated carbocycles. The van der Waals surface area contributed by atoms with Crippen molar-refractivity contribution < 1.29 is 0 Å². The second-order valence-electron chi connectivity index (χ2n) is 4.73. The summed E-state index contributed by atoms with van der Waals surface area (Å²) in [6.45, 7) is 4.79. The maximum Gasteiger partial charge on any atom is 0.0951 e. The van der Waals surface area contributed by atoms with Gasteiger partial charge in [-0.25, -0.2) is 4.98 Å². The van der Waals surface area contributed by atoms with Gasteiger partial charge in [0.2, 0.25) is 0 Å². The zero-order valence-corrected chi connectivity index (χ0v) is 12.8. The van der Waals surface area contributed by atoms with Crippen molar-refractivity contribution in [3.05, 3.63) is 47.0 Å². The summed E-state index contributed by atoms with van der Waals surface area (Å²) in [5.74, 6) is 0. The molecule has 0 fully saturated rings. The Labute approximate surface area is 122 Å². The Hall–Kier alpha value is -1.33. The van der Waals surface area contributed by atoms with Crippen LogP contribution in [-0.2, 0) is 0 Å². The SMILES string of the molecule is CC(C)n1cncc1C(CN)Nc1ccccc1Br. The number of halogens is 1. The molecule has 1 aromatic carbocycles. The molecule has 0 saturated heterocycles. The number of nitrogens with one attached hydrogen (secondary N) is 1. The highest BCUT2D eigenvalue weighted by Gasteiger charge is 2.16. The molecule has 0 aliphatic heterocycles. The minimum absolute atomic E-state index is 0.0450. The van der Waals surface area contributed by atoms with Gasteiger partial charge in [-0.2, -0.15) is 0 Å². The van der Waals surface area contributed by atoms with E-state index in [1.807, 2.05) is 36.8 Å². The normalized spacial score (nSPS) is 12.7. The van der Waals surface area contributed by atoms with Crippen LogP contribution in [0.3, 0.4) is 0 Å². The summed E-state index contributed by atoms with van der Waals surface area (Å²) in [7, 11) is 0. The lowest BCUT2D eigenvalue weighted by molar-refractivity contribution is 0.553. The fourth-order valence-electron chi connectivity index (χ4n) is 2.04. The summed E-state index contributed by atoms with van der Waals surface area (Å²) in [6.07, 6.45) is 3.73. The van der Waals surface area contributed by atoms with E-state index in [0.29, 0.717) is 12.6 Å². The van der Waals surface area contributed by atoms with Gasteiger partial charge >= 0.3 is 0 Å². The fraction of sp³-hybridized carbons (Fsp3) is 0.357. The molecule has 5 heteroatoms. The predicted molar refractivity (Wildman–Crippen MR) is 82.2 cm³/mol. The van der Waals surface area contributed by atoms with E-state index in [4.69, 9.17) is 5.73 Å². The Balaban J connectivity index is 2.26. The van der Waals surface area contributed by atoms with E-state index in [2.05, 4.69) is 44.6 Å². The summed E-state index contributed by atoms with van der Waals surface area (Å²) < 4.78 is 3.17. The van der Waals surface area contributed by atoms with Gasteiger partial charge in [0.25, 0.3) is 0 Å². The van der Waals surface area contributed by atoms with Crippen molar-refractivity contribution in [1.29, 1.82) is 0 Å². The quantitative estimate of drug-likeness (QED) is 0.887. The van der Waals surface area contributed by atoms with Gasteiger partial charge in [0, 0.05) is 22.7 Å². The third-order valence-electron chi connectivity index (χ3n) is 3.05. The molecule has 1 unspecified atom stereocenters. The van der Waals surface area contributed by atoms with E-state index in [9.17, 15) is 0 Å². The van der Waals surface area contributed by atoms with E-state index in [1.54, 1.807) is 0 Å². The van der Waals surface area contributed by atoms with Crippen LogP contribution in [0.15, 0.2) is 41.3 Å². The number of aromatic nitrogens is 2.